The lowest BCUT2D eigenvalue weighted by Crippen LogP contribution is -2.26. The van der Waals surface area contributed by atoms with Gasteiger partial charge < -0.3 is 14.8 Å². The van der Waals surface area contributed by atoms with E-state index in [0.717, 1.165) is 42.0 Å². The number of anilines is 2. The molecule has 5 rings (SSSR count). The molecule has 1 atom stereocenters. The Morgan fingerprint density at radius 3 is 3.00 bits per heavy atom. The highest BCUT2D eigenvalue weighted by molar-refractivity contribution is 5.73. The SMILES string of the molecule is Cc1cc2c(cc1Nc1ncc3c(n1)n(C1CCOC1)c(=O)n3C)CCO2. The predicted octanol–water partition coefficient (Wildman–Crippen LogP) is 2.08. The first-order chi connectivity index (χ1) is 13.1. The van der Waals surface area contributed by atoms with E-state index in [4.69, 9.17) is 9.47 Å². The molecule has 1 N–H and O–H groups in total. The second kappa shape index (κ2) is 6.09. The molecule has 0 saturated carbocycles. The van der Waals surface area contributed by atoms with Gasteiger partial charge in [0.25, 0.3) is 0 Å². The van der Waals surface area contributed by atoms with Crippen LogP contribution in [0, 0.1) is 6.92 Å². The summed E-state index contributed by atoms with van der Waals surface area (Å²) in [6.45, 7) is 3.95. The Labute approximate surface area is 155 Å². The molecule has 2 aromatic heterocycles. The van der Waals surface area contributed by atoms with Crippen LogP contribution in [-0.2, 0) is 18.2 Å². The fourth-order valence-corrected chi connectivity index (χ4v) is 3.83. The van der Waals surface area contributed by atoms with Gasteiger partial charge >= 0.3 is 5.69 Å². The van der Waals surface area contributed by atoms with Gasteiger partial charge in [-0.15, -0.1) is 0 Å². The van der Waals surface area contributed by atoms with Gasteiger partial charge in [0.2, 0.25) is 5.95 Å². The molecule has 4 heterocycles. The summed E-state index contributed by atoms with van der Waals surface area (Å²) in [5.74, 6) is 1.43. The largest absolute Gasteiger partial charge is 0.493 e. The van der Waals surface area contributed by atoms with Gasteiger partial charge in [0.15, 0.2) is 5.65 Å². The second-order valence-corrected chi connectivity index (χ2v) is 7.13. The predicted molar refractivity (Wildman–Crippen MR) is 101 cm³/mol. The van der Waals surface area contributed by atoms with Crippen molar-refractivity contribution in [3.05, 3.63) is 39.9 Å². The number of hydrogen-bond acceptors (Lipinski definition) is 6. The van der Waals surface area contributed by atoms with E-state index < -0.39 is 0 Å². The van der Waals surface area contributed by atoms with E-state index in [-0.39, 0.29) is 11.7 Å². The molecule has 0 bridgehead atoms. The molecule has 0 spiro atoms. The van der Waals surface area contributed by atoms with Crippen LogP contribution in [0.4, 0.5) is 11.6 Å². The lowest BCUT2D eigenvalue weighted by Gasteiger charge is -2.12. The topological polar surface area (TPSA) is 83.2 Å². The van der Waals surface area contributed by atoms with Crippen molar-refractivity contribution < 1.29 is 9.47 Å². The number of rotatable bonds is 3. The van der Waals surface area contributed by atoms with E-state index >= 15 is 0 Å². The molecule has 1 fully saturated rings. The van der Waals surface area contributed by atoms with E-state index in [0.29, 0.717) is 24.8 Å². The average molecular weight is 367 g/mol. The molecule has 8 nitrogen and oxygen atoms in total. The number of imidazole rings is 1. The molecule has 0 amide bonds. The fraction of sp³-hybridized carbons (Fsp3) is 0.421. The van der Waals surface area contributed by atoms with Crippen LogP contribution in [0.25, 0.3) is 11.2 Å². The zero-order valence-electron chi connectivity index (χ0n) is 15.4. The van der Waals surface area contributed by atoms with Crippen LogP contribution >= 0.6 is 0 Å². The zero-order chi connectivity index (χ0) is 18.5. The molecule has 2 aliphatic heterocycles. The highest BCUT2D eigenvalue weighted by Gasteiger charge is 2.24. The zero-order valence-corrected chi connectivity index (χ0v) is 15.4. The van der Waals surface area contributed by atoms with Crippen molar-refractivity contribution in [2.45, 2.75) is 25.8 Å². The van der Waals surface area contributed by atoms with Gasteiger partial charge in [-0.2, -0.15) is 4.98 Å². The summed E-state index contributed by atoms with van der Waals surface area (Å²) >= 11 is 0. The quantitative estimate of drug-likeness (QED) is 0.763. The third-order valence-electron chi connectivity index (χ3n) is 5.39. The van der Waals surface area contributed by atoms with Crippen LogP contribution in [0.2, 0.25) is 0 Å². The van der Waals surface area contributed by atoms with Crippen LogP contribution in [0.3, 0.4) is 0 Å². The molecular weight excluding hydrogens is 346 g/mol. The summed E-state index contributed by atoms with van der Waals surface area (Å²) in [5.41, 5.74) is 4.47. The van der Waals surface area contributed by atoms with Gasteiger partial charge in [0, 0.05) is 25.8 Å². The monoisotopic (exact) mass is 367 g/mol. The third kappa shape index (κ3) is 2.59. The molecule has 1 saturated heterocycles. The summed E-state index contributed by atoms with van der Waals surface area (Å²) in [7, 11) is 1.75. The second-order valence-electron chi connectivity index (χ2n) is 7.13. The Morgan fingerprint density at radius 2 is 2.19 bits per heavy atom. The average Bonchev–Trinajstić information content (AvgIpc) is 3.37. The van der Waals surface area contributed by atoms with Gasteiger partial charge in [-0.3, -0.25) is 9.13 Å². The molecule has 2 aliphatic rings. The smallest absolute Gasteiger partial charge is 0.330 e. The van der Waals surface area contributed by atoms with Crippen molar-refractivity contribution in [3.63, 3.8) is 0 Å². The van der Waals surface area contributed by atoms with Crippen LogP contribution in [0.1, 0.15) is 23.6 Å². The van der Waals surface area contributed by atoms with E-state index in [9.17, 15) is 4.79 Å². The Bertz CT molecular complexity index is 1090. The number of hydrogen-bond donors (Lipinski definition) is 1. The van der Waals surface area contributed by atoms with Gasteiger partial charge in [0.1, 0.15) is 11.3 Å². The normalized spacial score (nSPS) is 18.7. The number of aryl methyl sites for hydroxylation is 2. The maximum Gasteiger partial charge on any atom is 0.330 e. The lowest BCUT2D eigenvalue weighted by atomic mass is 10.1. The molecule has 3 aromatic rings. The Balaban J connectivity index is 1.57. The van der Waals surface area contributed by atoms with Gasteiger partial charge in [-0.05, 0) is 36.6 Å². The summed E-state index contributed by atoms with van der Waals surface area (Å²) in [6, 6.07) is 4.15. The first kappa shape index (κ1) is 16.3. The van der Waals surface area contributed by atoms with Crippen LogP contribution < -0.4 is 15.7 Å². The fourth-order valence-electron chi connectivity index (χ4n) is 3.83. The van der Waals surface area contributed by atoms with Crippen molar-refractivity contribution in [2.75, 3.05) is 25.1 Å². The number of fused-ring (bicyclic) bond motifs is 2. The van der Waals surface area contributed by atoms with Gasteiger partial charge in [-0.25, -0.2) is 9.78 Å². The third-order valence-corrected chi connectivity index (χ3v) is 5.39. The maximum atomic E-state index is 12.7. The Kier molecular flexibility index (Phi) is 3.68. The first-order valence-corrected chi connectivity index (χ1v) is 9.17. The van der Waals surface area contributed by atoms with Crippen molar-refractivity contribution >= 4 is 22.8 Å². The number of benzene rings is 1. The maximum absolute atomic E-state index is 12.7. The van der Waals surface area contributed by atoms with Crippen LogP contribution in [-0.4, -0.2) is 38.9 Å². The number of nitrogens with one attached hydrogen (secondary N) is 1. The molecule has 8 heteroatoms. The van der Waals surface area contributed by atoms with Crippen molar-refractivity contribution in [1.82, 2.24) is 19.1 Å². The highest BCUT2D eigenvalue weighted by atomic mass is 16.5. The first-order valence-electron chi connectivity index (χ1n) is 9.17. The molecular formula is C19H21N5O3. The van der Waals surface area contributed by atoms with E-state index in [1.165, 1.54) is 5.56 Å². The Morgan fingerprint density at radius 1 is 1.30 bits per heavy atom. The van der Waals surface area contributed by atoms with E-state index in [1.807, 2.05) is 13.0 Å². The minimum atomic E-state index is -0.0854. The summed E-state index contributed by atoms with van der Waals surface area (Å²) in [6.07, 6.45) is 3.42. The van der Waals surface area contributed by atoms with Crippen molar-refractivity contribution in [2.24, 2.45) is 7.05 Å². The molecule has 1 aromatic carbocycles. The lowest BCUT2D eigenvalue weighted by molar-refractivity contribution is 0.186. The number of aromatic nitrogens is 4. The van der Waals surface area contributed by atoms with E-state index in [1.54, 1.807) is 22.4 Å². The number of ether oxygens (including phenoxy) is 2. The minimum absolute atomic E-state index is 0.0165. The van der Waals surface area contributed by atoms with Crippen LogP contribution in [0.15, 0.2) is 23.1 Å². The molecule has 0 aliphatic carbocycles. The van der Waals surface area contributed by atoms with Gasteiger partial charge in [0.05, 0.1) is 25.5 Å². The van der Waals surface area contributed by atoms with Crippen molar-refractivity contribution in [1.29, 1.82) is 0 Å². The summed E-state index contributed by atoms with van der Waals surface area (Å²) in [5, 5.41) is 3.31. The molecule has 1 unspecified atom stereocenters. The Hall–Kier alpha value is -2.87. The van der Waals surface area contributed by atoms with Crippen LogP contribution in [0.5, 0.6) is 5.75 Å². The standard InChI is InChI=1S/C19H21N5O3/c1-11-7-16-12(3-6-27-16)8-14(11)21-18-20-9-15-17(22-18)24(19(25)23(15)2)13-4-5-26-10-13/h7-9,13H,3-6,10H2,1-2H3,(H,20,21,22). The minimum Gasteiger partial charge on any atom is -0.493 e. The number of nitrogens with zero attached hydrogens (tertiary/aromatic N) is 4. The summed E-state index contributed by atoms with van der Waals surface area (Å²) in [4.78, 5) is 21.8. The summed E-state index contributed by atoms with van der Waals surface area (Å²) < 4.78 is 14.4. The van der Waals surface area contributed by atoms with E-state index in [2.05, 4.69) is 21.4 Å². The molecule has 140 valence electrons. The molecule has 0 radical (unpaired) electrons. The van der Waals surface area contributed by atoms with Crippen molar-refractivity contribution in [3.8, 4) is 5.75 Å². The van der Waals surface area contributed by atoms with Gasteiger partial charge in [-0.1, -0.05) is 0 Å². The highest BCUT2D eigenvalue weighted by Crippen LogP contribution is 2.32. The molecule has 27 heavy (non-hydrogen) atoms.